The highest BCUT2D eigenvalue weighted by molar-refractivity contribution is 6.26. The fourth-order valence-corrected chi connectivity index (χ4v) is 1.51. The van der Waals surface area contributed by atoms with Gasteiger partial charge in [-0.3, -0.25) is 9.59 Å². The number of hydrogen-bond acceptors (Lipinski definition) is 7. The lowest BCUT2D eigenvalue weighted by Crippen LogP contribution is -2.22. The largest absolute Gasteiger partial charge is 0.504 e. The first-order valence-electron chi connectivity index (χ1n) is 4.35. The molecule has 0 saturated carbocycles. The van der Waals surface area contributed by atoms with E-state index in [4.69, 9.17) is 10.2 Å². The number of ketones is 2. The van der Waals surface area contributed by atoms with Gasteiger partial charge in [0.25, 0.3) is 0 Å². The number of aliphatic hydroxyl groups excluding tert-OH is 2. The minimum Gasteiger partial charge on any atom is -0.504 e. The third-order valence-electron chi connectivity index (χ3n) is 2.38. The van der Waals surface area contributed by atoms with Crippen molar-refractivity contribution in [3.05, 3.63) is 28.7 Å². The van der Waals surface area contributed by atoms with E-state index in [0.29, 0.717) is 6.07 Å². The molecular weight excluding hydrogens is 232 g/mol. The number of Topliss-reactive ketones (excluding diaryl/α,β-unsaturated/α-hetero) is 2. The van der Waals surface area contributed by atoms with Gasteiger partial charge in [0.1, 0.15) is 0 Å². The molecule has 0 aromatic heterocycles. The normalized spacial score (nSPS) is 15.1. The zero-order valence-corrected chi connectivity index (χ0v) is 8.13. The second-order valence-corrected chi connectivity index (χ2v) is 3.37. The van der Waals surface area contributed by atoms with Gasteiger partial charge in [0, 0.05) is 5.56 Å². The predicted molar refractivity (Wildman–Crippen MR) is 52.4 cm³/mol. The third-order valence-corrected chi connectivity index (χ3v) is 2.38. The second-order valence-electron chi connectivity index (χ2n) is 3.37. The number of phenols is 3. The Morgan fingerprint density at radius 1 is 0.765 bits per heavy atom. The molecule has 0 radical (unpaired) electrons. The Morgan fingerprint density at radius 2 is 1.29 bits per heavy atom. The summed E-state index contributed by atoms with van der Waals surface area (Å²) in [6.45, 7) is 0. The van der Waals surface area contributed by atoms with Gasteiger partial charge >= 0.3 is 0 Å². The van der Waals surface area contributed by atoms with Crippen molar-refractivity contribution < 1.29 is 35.1 Å². The third kappa shape index (κ3) is 1.22. The van der Waals surface area contributed by atoms with Crippen LogP contribution in [0.3, 0.4) is 0 Å². The molecule has 5 N–H and O–H groups in total. The Bertz CT molecular complexity index is 597. The Hall–Kier alpha value is -2.70. The molecule has 0 atom stereocenters. The molecule has 0 saturated heterocycles. The standard InChI is InChI=1S/C10H6O7/c11-3-1-2-4(7(14)6(3)13)8(15)10(17)9(16)5(2)12/h1,11,13-14,16-17H. The molecule has 1 aliphatic carbocycles. The van der Waals surface area contributed by atoms with Crippen LogP contribution in [0.4, 0.5) is 0 Å². The maximum Gasteiger partial charge on any atom is 0.236 e. The molecule has 1 aromatic rings. The first kappa shape index (κ1) is 10.8. The number of hydrogen-bond donors (Lipinski definition) is 5. The number of benzene rings is 1. The molecule has 0 bridgehead atoms. The zero-order valence-electron chi connectivity index (χ0n) is 8.13. The lowest BCUT2D eigenvalue weighted by molar-refractivity contribution is 0.0877. The average Bonchev–Trinajstić information content (AvgIpc) is 2.30. The van der Waals surface area contributed by atoms with Crippen LogP contribution in [0.5, 0.6) is 17.2 Å². The van der Waals surface area contributed by atoms with Crippen LogP contribution in [0.25, 0.3) is 0 Å². The Kier molecular flexibility index (Phi) is 2.00. The van der Waals surface area contributed by atoms with E-state index in [2.05, 4.69) is 0 Å². The second kappa shape index (κ2) is 3.14. The lowest BCUT2D eigenvalue weighted by Gasteiger charge is -2.16. The highest BCUT2D eigenvalue weighted by atomic mass is 16.3. The summed E-state index contributed by atoms with van der Waals surface area (Å²) >= 11 is 0. The van der Waals surface area contributed by atoms with E-state index >= 15 is 0 Å². The first-order valence-corrected chi connectivity index (χ1v) is 4.35. The topological polar surface area (TPSA) is 135 Å². The molecule has 0 aliphatic heterocycles. The van der Waals surface area contributed by atoms with Crippen molar-refractivity contribution in [3.8, 4) is 17.2 Å². The Morgan fingerprint density at radius 3 is 1.88 bits per heavy atom. The van der Waals surface area contributed by atoms with Crippen molar-refractivity contribution in [2.75, 3.05) is 0 Å². The van der Waals surface area contributed by atoms with E-state index in [1.807, 2.05) is 0 Å². The number of carbonyl (C=O) groups excluding carboxylic acids is 2. The summed E-state index contributed by atoms with van der Waals surface area (Å²) in [7, 11) is 0. The maximum absolute atomic E-state index is 11.5. The highest BCUT2D eigenvalue weighted by Gasteiger charge is 2.36. The molecule has 2 rings (SSSR count). The van der Waals surface area contributed by atoms with Crippen LogP contribution in [0.15, 0.2) is 17.6 Å². The van der Waals surface area contributed by atoms with E-state index in [1.165, 1.54) is 0 Å². The van der Waals surface area contributed by atoms with Crippen LogP contribution in [0, 0.1) is 0 Å². The number of allylic oxidation sites excluding steroid dienone is 2. The minimum absolute atomic E-state index is 0.502. The molecule has 88 valence electrons. The molecule has 7 heteroatoms. The summed E-state index contributed by atoms with van der Waals surface area (Å²) in [5, 5.41) is 46.1. The van der Waals surface area contributed by atoms with Crippen LogP contribution in [-0.4, -0.2) is 37.1 Å². The summed E-state index contributed by atoms with van der Waals surface area (Å²) in [4.78, 5) is 22.9. The van der Waals surface area contributed by atoms with Gasteiger partial charge in [-0.15, -0.1) is 0 Å². The molecule has 17 heavy (non-hydrogen) atoms. The van der Waals surface area contributed by atoms with E-state index in [-0.39, 0.29) is 0 Å². The van der Waals surface area contributed by atoms with Crippen LogP contribution < -0.4 is 0 Å². The minimum atomic E-state index is -1.22. The number of aliphatic hydroxyl groups is 2. The van der Waals surface area contributed by atoms with Gasteiger partial charge in [-0.05, 0) is 6.07 Å². The first-order chi connectivity index (χ1) is 7.86. The molecule has 7 nitrogen and oxygen atoms in total. The van der Waals surface area contributed by atoms with E-state index in [0.717, 1.165) is 0 Å². The predicted octanol–water partition coefficient (Wildman–Crippen LogP) is 0.510. The van der Waals surface area contributed by atoms with Crippen LogP contribution in [-0.2, 0) is 0 Å². The number of carbonyl (C=O) groups is 2. The monoisotopic (exact) mass is 238 g/mol. The van der Waals surface area contributed by atoms with E-state index in [1.54, 1.807) is 0 Å². The van der Waals surface area contributed by atoms with Crippen molar-refractivity contribution in [2.45, 2.75) is 0 Å². The maximum atomic E-state index is 11.5. The smallest absolute Gasteiger partial charge is 0.236 e. The SMILES string of the molecule is O=C1C(O)=C(O)C(=O)c2c1cc(O)c(O)c2O. The quantitative estimate of drug-likeness (QED) is 0.415. The van der Waals surface area contributed by atoms with Gasteiger partial charge in [-0.25, -0.2) is 0 Å². The van der Waals surface area contributed by atoms with Gasteiger partial charge in [0.2, 0.25) is 28.8 Å². The van der Waals surface area contributed by atoms with Crippen molar-refractivity contribution in [1.82, 2.24) is 0 Å². The van der Waals surface area contributed by atoms with Gasteiger partial charge < -0.3 is 25.5 Å². The number of aromatic hydroxyl groups is 3. The molecule has 0 spiro atoms. The highest BCUT2D eigenvalue weighted by Crippen LogP contribution is 2.42. The van der Waals surface area contributed by atoms with Crippen LogP contribution >= 0.6 is 0 Å². The summed E-state index contributed by atoms with van der Waals surface area (Å²) in [6, 6.07) is 0.716. The van der Waals surface area contributed by atoms with Crippen LogP contribution in [0.2, 0.25) is 0 Å². The summed E-state index contributed by atoms with van der Waals surface area (Å²) < 4.78 is 0. The summed E-state index contributed by atoms with van der Waals surface area (Å²) in [6.07, 6.45) is 0. The molecule has 0 fully saturated rings. The van der Waals surface area contributed by atoms with Crippen molar-refractivity contribution in [3.63, 3.8) is 0 Å². The number of fused-ring (bicyclic) bond motifs is 1. The zero-order chi connectivity index (χ0) is 12.9. The molecular formula is C10H6O7. The lowest BCUT2D eigenvalue weighted by atomic mass is 9.91. The number of rotatable bonds is 0. The Labute approximate surface area is 93.5 Å². The molecule has 0 amide bonds. The van der Waals surface area contributed by atoms with Gasteiger partial charge in [-0.2, -0.15) is 0 Å². The fraction of sp³-hybridized carbons (Fsp3) is 0. The molecule has 0 unspecified atom stereocenters. The van der Waals surface area contributed by atoms with Crippen LogP contribution in [0.1, 0.15) is 20.7 Å². The van der Waals surface area contributed by atoms with Gasteiger partial charge in [-0.1, -0.05) is 0 Å². The summed E-state index contributed by atoms with van der Waals surface area (Å²) in [5.41, 5.74) is -1.17. The number of phenolic OH excluding ortho intramolecular Hbond substituents is 3. The summed E-state index contributed by atoms with van der Waals surface area (Å²) in [5.74, 6) is -7.59. The average molecular weight is 238 g/mol. The molecule has 0 heterocycles. The molecule has 1 aliphatic rings. The van der Waals surface area contributed by atoms with Gasteiger partial charge in [0.05, 0.1) is 5.56 Å². The van der Waals surface area contributed by atoms with Gasteiger partial charge in [0.15, 0.2) is 11.5 Å². The van der Waals surface area contributed by atoms with E-state index < -0.39 is 51.5 Å². The Balaban J connectivity index is 2.86. The van der Waals surface area contributed by atoms with Crippen molar-refractivity contribution in [1.29, 1.82) is 0 Å². The fourth-order valence-electron chi connectivity index (χ4n) is 1.51. The van der Waals surface area contributed by atoms with E-state index in [9.17, 15) is 24.9 Å². The molecule has 1 aromatic carbocycles. The van der Waals surface area contributed by atoms with Crippen molar-refractivity contribution >= 4 is 11.6 Å². The van der Waals surface area contributed by atoms with Crippen molar-refractivity contribution in [2.24, 2.45) is 0 Å².